The number of pyridine rings is 1. The second-order valence-electron chi connectivity index (χ2n) is 8.57. The number of likely N-dealkylation sites (tertiary alicyclic amines) is 1. The molecular weight excluding hydrogens is 372 g/mol. The predicted octanol–water partition coefficient (Wildman–Crippen LogP) is 1.93. The van der Waals surface area contributed by atoms with Gasteiger partial charge in [0.25, 0.3) is 11.5 Å². The van der Waals surface area contributed by atoms with Gasteiger partial charge >= 0.3 is 5.97 Å². The van der Waals surface area contributed by atoms with Gasteiger partial charge in [-0.2, -0.15) is 0 Å². The van der Waals surface area contributed by atoms with E-state index >= 15 is 0 Å². The van der Waals surface area contributed by atoms with Crippen LogP contribution >= 0.6 is 0 Å². The Morgan fingerprint density at radius 2 is 1.72 bits per heavy atom. The van der Waals surface area contributed by atoms with Crippen LogP contribution in [0.5, 0.6) is 0 Å². The molecule has 3 heterocycles. The number of aliphatic hydroxyl groups is 1. The number of aromatic carboxylic acids is 1. The molecule has 0 radical (unpaired) electrons. The van der Waals surface area contributed by atoms with Gasteiger partial charge in [0.05, 0.1) is 5.56 Å². The lowest BCUT2D eigenvalue weighted by Crippen LogP contribution is -2.54. The molecule has 29 heavy (non-hydrogen) atoms. The van der Waals surface area contributed by atoms with Gasteiger partial charge < -0.3 is 19.7 Å². The number of aromatic nitrogens is 1. The molecule has 0 saturated carbocycles. The van der Waals surface area contributed by atoms with Crippen molar-refractivity contribution in [2.24, 2.45) is 5.92 Å². The van der Waals surface area contributed by atoms with E-state index in [0.717, 1.165) is 23.2 Å². The van der Waals surface area contributed by atoms with Crippen LogP contribution in [0.25, 0.3) is 11.1 Å². The van der Waals surface area contributed by atoms with Gasteiger partial charge in [-0.25, -0.2) is 4.79 Å². The second-order valence-corrected chi connectivity index (χ2v) is 8.57. The smallest absolute Gasteiger partial charge is 0.335 e. The van der Waals surface area contributed by atoms with Gasteiger partial charge in [0.15, 0.2) is 0 Å². The lowest BCUT2D eigenvalue weighted by atomic mass is 9.82. The fourth-order valence-corrected chi connectivity index (χ4v) is 4.48. The minimum Gasteiger partial charge on any atom is -0.478 e. The molecule has 7 nitrogen and oxygen atoms in total. The summed E-state index contributed by atoms with van der Waals surface area (Å²) in [5.41, 5.74) is 1.09. The highest BCUT2D eigenvalue weighted by Crippen LogP contribution is 2.37. The summed E-state index contributed by atoms with van der Waals surface area (Å²) >= 11 is 0. The zero-order valence-electron chi connectivity index (χ0n) is 16.5. The van der Waals surface area contributed by atoms with Crippen molar-refractivity contribution in [1.29, 1.82) is 0 Å². The first-order valence-electron chi connectivity index (χ1n) is 9.74. The number of rotatable bonds is 3. The summed E-state index contributed by atoms with van der Waals surface area (Å²) in [5, 5.41) is 19.2. The number of piperidine rings is 1. The number of carbonyl (C=O) groups is 2. The van der Waals surface area contributed by atoms with Crippen LogP contribution < -0.4 is 5.56 Å². The molecule has 0 aliphatic carbocycles. The number of carbonyl (C=O) groups excluding carboxylic acids is 1. The quantitative estimate of drug-likeness (QED) is 0.826. The molecule has 0 spiro atoms. The molecule has 1 amide bonds. The Balaban J connectivity index is 1.69. The first-order valence-corrected chi connectivity index (χ1v) is 9.74. The molecule has 1 saturated heterocycles. The van der Waals surface area contributed by atoms with Crippen molar-refractivity contribution in [3.63, 3.8) is 0 Å². The first-order chi connectivity index (χ1) is 13.6. The highest BCUT2D eigenvalue weighted by molar-refractivity contribution is 5.88. The predicted molar refractivity (Wildman–Crippen MR) is 107 cm³/mol. The number of hydrogen-bond donors (Lipinski definition) is 2. The van der Waals surface area contributed by atoms with Crippen molar-refractivity contribution in [2.45, 2.75) is 38.3 Å². The van der Waals surface area contributed by atoms with E-state index in [1.807, 2.05) is 6.07 Å². The summed E-state index contributed by atoms with van der Waals surface area (Å²) in [6.07, 6.45) is 0.899. The third kappa shape index (κ3) is 3.58. The van der Waals surface area contributed by atoms with Gasteiger partial charge in [0.1, 0.15) is 5.60 Å². The van der Waals surface area contributed by atoms with Gasteiger partial charge in [-0.15, -0.1) is 0 Å². The van der Waals surface area contributed by atoms with Crippen LogP contribution in [0.15, 0.2) is 41.2 Å². The van der Waals surface area contributed by atoms with Crippen molar-refractivity contribution in [3.05, 3.63) is 58.0 Å². The van der Waals surface area contributed by atoms with Crippen molar-refractivity contribution in [2.75, 3.05) is 13.1 Å². The number of benzene rings is 1. The van der Waals surface area contributed by atoms with Gasteiger partial charge in [-0.05, 0) is 55.5 Å². The first kappa shape index (κ1) is 19.4. The molecule has 2 aromatic rings. The van der Waals surface area contributed by atoms with E-state index in [2.05, 4.69) is 0 Å². The largest absolute Gasteiger partial charge is 0.478 e. The molecule has 2 atom stereocenters. The molecule has 0 unspecified atom stereocenters. The summed E-state index contributed by atoms with van der Waals surface area (Å²) in [6.45, 7) is 4.57. The second kappa shape index (κ2) is 6.84. The van der Waals surface area contributed by atoms with E-state index in [1.165, 1.54) is 26.0 Å². The molecule has 1 aromatic carbocycles. The lowest BCUT2D eigenvalue weighted by Gasteiger charge is -2.44. The van der Waals surface area contributed by atoms with Gasteiger partial charge in [0.2, 0.25) is 0 Å². The van der Waals surface area contributed by atoms with Crippen LogP contribution in [0.4, 0.5) is 0 Å². The Morgan fingerprint density at radius 1 is 1.03 bits per heavy atom. The Bertz CT molecular complexity index is 1030. The Labute approximate surface area is 168 Å². The average Bonchev–Trinajstić information content (AvgIpc) is 2.67. The fraction of sp³-hybridized carbons (Fsp3) is 0.409. The monoisotopic (exact) mass is 396 g/mol. The van der Waals surface area contributed by atoms with Crippen LogP contribution in [0.1, 0.15) is 42.2 Å². The standard InChI is InChI=1S/C22H24N2O5/c1-22(2,29)21(28)23-10-13-7-17(12-23)18-8-16(9-19(25)24(18)11-13)14-3-5-15(6-4-14)20(26)27/h3-6,8-9,13,17,29H,7,10-12H2,1-2H3,(H,26,27)/t13-,17+/m0/s1. The highest BCUT2D eigenvalue weighted by Gasteiger charge is 2.39. The number of fused-ring (bicyclic) bond motifs is 4. The SMILES string of the molecule is CC(C)(O)C(=O)N1C[C@@H]2C[C@H](C1)c1cc(-c3ccc(C(=O)O)cc3)cc(=O)n1C2. The molecule has 4 rings (SSSR count). The summed E-state index contributed by atoms with van der Waals surface area (Å²) in [5.74, 6) is -1.07. The zero-order chi connectivity index (χ0) is 20.9. The zero-order valence-corrected chi connectivity index (χ0v) is 16.5. The Morgan fingerprint density at radius 3 is 2.34 bits per heavy atom. The third-order valence-corrected chi connectivity index (χ3v) is 5.83. The molecule has 1 aromatic heterocycles. The molecule has 2 bridgehead atoms. The summed E-state index contributed by atoms with van der Waals surface area (Å²) in [7, 11) is 0. The highest BCUT2D eigenvalue weighted by atomic mass is 16.4. The minimum atomic E-state index is -1.42. The van der Waals surface area contributed by atoms with E-state index in [1.54, 1.807) is 27.7 Å². The van der Waals surface area contributed by atoms with Crippen LogP contribution in [0, 0.1) is 5.92 Å². The molecule has 2 aliphatic heterocycles. The summed E-state index contributed by atoms with van der Waals surface area (Å²) in [6, 6.07) is 10.00. The number of hydrogen-bond acceptors (Lipinski definition) is 4. The molecular formula is C22H24N2O5. The van der Waals surface area contributed by atoms with Crippen LogP contribution in [-0.4, -0.2) is 50.2 Å². The van der Waals surface area contributed by atoms with E-state index in [9.17, 15) is 19.5 Å². The Kier molecular flexibility index (Phi) is 4.58. The average molecular weight is 396 g/mol. The number of nitrogens with zero attached hydrogens (tertiary/aromatic N) is 2. The molecule has 2 N–H and O–H groups in total. The number of carboxylic acids is 1. The number of carboxylic acid groups (broad SMARTS) is 1. The van der Waals surface area contributed by atoms with E-state index in [4.69, 9.17) is 5.11 Å². The van der Waals surface area contributed by atoms with E-state index in [-0.39, 0.29) is 28.9 Å². The maximum Gasteiger partial charge on any atom is 0.335 e. The normalized spacial score (nSPS) is 20.9. The maximum absolute atomic E-state index is 12.8. The van der Waals surface area contributed by atoms with Gasteiger partial charge in [-0.1, -0.05) is 12.1 Å². The van der Waals surface area contributed by atoms with Gasteiger partial charge in [-0.3, -0.25) is 9.59 Å². The topological polar surface area (TPSA) is 99.8 Å². The van der Waals surface area contributed by atoms with Crippen LogP contribution in [-0.2, 0) is 11.3 Å². The summed E-state index contributed by atoms with van der Waals surface area (Å²) in [4.78, 5) is 38.1. The maximum atomic E-state index is 12.8. The van der Waals surface area contributed by atoms with Crippen LogP contribution in [0.2, 0.25) is 0 Å². The van der Waals surface area contributed by atoms with Crippen molar-refractivity contribution >= 4 is 11.9 Å². The van der Waals surface area contributed by atoms with Crippen molar-refractivity contribution < 1.29 is 19.8 Å². The molecule has 7 heteroatoms. The molecule has 2 aliphatic rings. The minimum absolute atomic E-state index is 0.0275. The van der Waals surface area contributed by atoms with E-state index in [0.29, 0.717) is 19.6 Å². The van der Waals surface area contributed by atoms with Crippen molar-refractivity contribution in [3.8, 4) is 11.1 Å². The number of amides is 1. The van der Waals surface area contributed by atoms with E-state index < -0.39 is 11.6 Å². The molecule has 1 fully saturated rings. The van der Waals surface area contributed by atoms with Crippen molar-refractivity contribution in [1.82, 2.24) is 9.47 Å². The summed E-state index contributed by atoms with van der Waals surface area (Å²) < 4.78 is 1.79. The lowest BCUT2D eigenvalue weighted by molar-refractivity contribution is -0.150. The van der Waals surface area contributed by atoms with Crippen LogP contribution in [0.3, 0.4) is 0 Å². The molecule has 152 valence electrons. The third-order valence-electron chi connectivity index (χ3n) is 5.83. The Hall–Kier alpha value is -2.93. The van der Waals surface area contributed by atoms with Gasteiger partial charge in [0, 0.05) is 37.3 Å². The fourth-order valence-electron chi connectivity index (χ4n) is 4.48.